The molecule has 0 rings (SSSR count). The number of esters is 4. The molecule has 17 nitrogen and oxygen atoms in total. The minimum Gasteiger partial charge on any atom is -0.462 e. The highest BCUT2D eigenvalue weighted by Crippen LogP contribution is 2.45. The van der Waals surface area contributed by atoms with Gasteiger partial charge in [-0.3, -0.25) is 37.3 Å². The zero-order chi connectivity index (χ0) is 63.6. The van der Waals surface area contributed by atoms with E-state index in [9.17, 15) is 43.2 Å². The Morgan fingerprint density at radius 2 is 0.593 bits per heavy atom. The van der Waals surface area contributed by atoms with Crippen LogP contribution < -0.4 is 0 Å². The first kappa shape index (κ1) is 84.1. The maximum atomic E-state index is 13.0. The van der Waals surface area contributed by atoms with Crippen molar-refractivity contribution in [1.82, 2.24) is 0 Å². The molecule has 0 radical (unpaired) electrons. The Morgan fingerprint density at radius 3 is 0.884 bits per heavy atom. The molecule has 3 unspecified atom stereocenters. The molecule has 6 atom stereocenters. The molecule has 19 heteroatoms. The Bertz CT molecular complexity index is 1690. The van der Waals surface area contributed by atoms with E-state index in [4.69, 9.17) is 37.0 Å². The third-order valence-corrected chi connectivity index (χ3v) is 17.7. The summed E-state index contributed by atoms with van der Waals surface area (Å²) in [5.74, 6) is -0.531. The number of phosphoric acid groups is 2. The fraction of sp³-hybridized carbons (Fsp3) is 0.940. The lowest BCUT2D eigenvalue weighted by Crippen LogP contribution is -2.30. The Labute approximate surface area is 524 Å². The average Bonchev–Trinajstić information content (AvgIpc) is 3.62. The zero-order valence-electron chi connectivity index (χ0n) is 55.6. The number of hydrogen-bond acceptors (Lipinski definition) is 15. The Balaban J connectivity index is 5.17. The van der Waals surface area contributed by atoms with Crippen LogP contribution in [0.15, 0.2) is 0 Å². The molecule has 0 amide bonds. The maximum Gasteiger partial charge on any atom is 0.472 e. The number of unbranched alkanes of at least 4 members (excludes halogenated alkanes) is 35. The first-order chi connectivity index (χ1) is 41.4. The van der Waals surface area contributed by atoms with Crippen molar-refractivity contribution in [2.24, 2.45) is 11.8 Å². The van der Waals surface area contributed by atoms with Crippen LogP contribution in [0, 0.1) is 11.8 Å². The van der Waals surface area contributed by atoms with E-state index in [2.05, 4.69) is 41.5 Å². The predicted molar refractivity (Wildman–Crippen MR) is 345 cm³/mol. The van der Waals surface area contributed by atoms with Gasteiger partial charge in [0.1, 0.15) is 19.3 Å². The predicted octanol–water partition coefficient (Wildman–Crippen LogP) is 18.8. The van der Waals surface area contributed by atoms with Crippen molar-refractivity contribution >= 4 is 39.5 Å². The Morgan fingerprint density at radius 1 is 0.337 bits per heavy atom. The summed E-state index contributed by atoms with van der Waals surface area (Å²) in [6, 6.07) is 0. The number of ether oxygens (including phenoxy) is 4. The summed E-state index contributed by atoms with van der Waals surface area (Å²) < 4.78 is 68.0. The summed E-state index contributed by atoms with van der Waals surface area (Å²) in [5.41, 5.74) is 0. The molecule has 510 valence electrons. The normalized spacial score (nSPS) is 14.5. The van der Waals surface area contributed by atoms with Gasteiger partial charge < -0.3 is 33.8 Å². The van der Waals surface area contributed by atoms with Gasteiger partial charge in [-0.25, -0.2) is 9.13 Å². The van der Waals surface area contributed by atoms with Crippen molar-refractivity contribution in [3.8, 4) is 0 Å². The first-order valence-electron chi connectivity index (χ1n) is 35.0. The molecule has 0 aliphatic rings. The van der Waals surface area contributed by atoms with E-state index in [0.29, 0.717) is 25.7 Å². The van der Waals surface area contributed by atoms with Crippen molar-refractivity contribution in [1.29, 1.82) is 0 Å². The number of rotatable bonds is 66. The van der Waals surface area contributed by atoms with Crippen LogP contribution in [0.4, 0.5) is 0 Å². The molecule has 0 heterocycles. The lowest BCUT2D eigenvalue weighted by molar-refractivity contribution is -0.161. The standard InChI is InChI=1S/C67H130O17P2/c1-7-10-12-14-16-32-39-45-51-66(71)83-62(55-77-64(69)49-43-37-29-15-13-11-8-2)57-81-85(73,74)79-53-61(68)54-80-86(75,76)82-58-63(56-78-65(70)50-44-38-33-27-24-23-25-30-35-41-47-59(4)5)84-67(72)52-46-40-34-28-22-20-18-17-19-21-26-31-36-42-48-60(6)9-3/h59-63,68H,7-58H2,1-6H3,(H,73,74)(H,75,76)/t60?,61-,62+,63+/m0/s1. The molecule has 0 aromatic rings. The van der Waals surface area contributed by atoms with Crippen molar-refractivity contribution in [2.75, 3.05) is 39.6 Å². The molecule has 0 fully saturated rings. The second-order valence-electron chi connectivity index (χ2n) is 24.9. The quantitative estimate of drug-likeness (QED) is 0.0222. The molecule has 0 aliphatic heterocycles. The number of carbonyl (C=O) groups is 4. The number of aliphatic hydroxyl groups excluding tert-OH is 1. The number of phosphoric ester groups is 2. The highest BCUT2D eigenvalue weighted by Gasteiger charge is 2.30. The third-order valence-electron chi connectivity index (χ3n) is 15.8. The van der Waals surface area contributed by atoms with Gasteiger partial charge in [0.25, 0.3) is 0 Å². The fourth-order valence-electron chi connectivity index (χ4n) is 10.0. The lowest BCUT2D eigenvalue weighted by Gasteiger charge is -2.21. The molecule has 0 bridgehead atoms. The first-order valence-corrected chi connectivity index (χ1v) is 38.0. The number of carbonyl (C=O) groups excluding carboxylic acids is 4. The van der Waals surface area contributed by atoms with Gasteiger partial charge in [0.15, 0.2) is 12.2 Å². The van der Waals surface area contributed by atoms with E-state index in [-0.39, 0.29) is 25.7 Å². The summed E-state index contributed by atoms with van der Waals surface area (Å²) in [7, 11) is -9.88. The van der Waals surface area contributed by atoms with E-state index in [1.54, 1.807) is 0 Å². The molecule has 0 aromatic carbocycles. The smallest absolute Gasteiger partial charge is 0.462 e. The van der Waals surface area contributed by atoms with Crippen molar-refractivity contribution < 1.29 is 80.2 Å². The Kier molecular flexibility index (Phi) is 58.0. The zero-order valence-corrected chi connectivity index (χ0v) is 57.4. The van der Waals surface area contributed by atoms with Crippen LogP contribution in [0.25, 0.3) is 0 Å². The van der Waals surface area contributed by atoms with Crippen molar-refractivity contribution in [2.45, 2.75) is 355 Å². The molecule has 86 heavy (non-hydrogen) atoms. The summed E-state index contributed by atoms with van der Waals surface area (Å²) in [6.07, 6.45) is 43.2. The molecule has 0 aromatic heterocycles. The monoisotopic (exact) mass is 1270 g/mol. The van der Waals surface area contributed by atoms with Crippen LogP contribution >= 0.6 is 15.6 Å². The highest BCUT2D eigenvalue weighted by atomic mass is 31.2. The Hall–Kier alpha value is -1.94. The van der Waals surface area contributed by atoms with Gasteiger partial charge in [0.2, 0.25) is 0 Å². The second-order valence-corrected chi connectivity index (χ2v) is 27.8. The summed E-state index contributed by atoms with van der Waals surface area (Å²) >= 11 is 0. The van der Waals surface area contributed by atoms with Crippen LogP contribution in [-0.2, 0) is 65.4 Å². The van der Waals surface area contributed by atoms with Crippen LogP contribution in [0.1, 0.15) is 337 Å². The van der Waals surface area contributed by atoms with Gasteiger partial charge in [0.05, 0.1) is 26.4 Å². The number of hydrogen-bond donors (Lipinski definition) is 3. The van der Waals surface area contributed by atoms with E-state index in [1.807, 2.05) is 0 Å². The summed E-state index contributed by atoms with van der Waals surface area (Å²) in [6.45, 7) is 9.50. The van der Waals surface area contributed by atoms with Gasteiger partial charge in [-0.1, -0.05) is 286 Å². The molecule has 0 aliphatic carbocycles. The molecule has 0 saturated heterocycles. The molecule has 3 N–H and O–H groups in total. The van der Waals surface area contributed by atoms with Crippen molar-refractivity contribution in [3.63, 3.8) is 0 Å². The van der Waals surface area contributed by atoms with Gasteiger partial charge in [0, 0.05) is 25.7 Å². The second kappa shape index (κ2) is 59.4. The maximum absolute atomic E-state index is 13.0. The molecule has 0 spiro atoms. The molecular formula is C67H130O17P2. The van der Waals surface area contributed by atoms with Crippen LogP contribution in [0.2, 0.25) is 0 Å². The van der Waals surface area contributed by atoms with Gasteiger partial charge >= 0.3 is 39.5 Å². The van der Waals surface area contributed by atoms with E-state index in [0.717, 1.165) is 121 Å². The van der Waals surface area contributed by atoms with Crippen LogP contribution in [0.5, 0.6) is 0 Å². The topological polar surface area (TPSA) is 237 Å². The van der Waals surface area contributed by atoms with Crippen LogP contribution in [0.3, 0.4) is 0 Å². The van der Waals surface area contributed by atoms with E-state index >= 15 is 0 Å². The van der Waals surface area contributed by atoms with Gasteiger partial charge in [-0.15, -0.1) is 0 Å². The van der Waals surface area contributed by atoms with Crippen molar-refractivity contribution in [3.05, 3.63) is 0 Å². The SMILES string of the molecule is CCCCCCCCCCC(=O)O[C@H](COC(=O)CCCCCCCCC)COP(=O)(O)OC[C@H](O)COP(=O)(O)OC[C@@H](COC(=O)CCCCCCCCCCCCC(C)C)OC(=O)CCCCCCCCCCCCCCCCC(C)CC. The molecule has 0 saturated carbocycles. The minimum atomic E-state index is -4.95. The highest BCUT2D eigenvalue weighted by molar-refractivity contribution is 7.47. The third kappa shape index (κ3) is 59.7. The van der Waals surface area contributed by atoms with Crippen LogP contribution in [-0.4, -0.2) is 96.7 Å². The minimum absolute atomic E-state index is 0.104. The fourth-order valence-corrected chi connectivity index (χ4v) is 11.6. The lowest BCUT2D eigenvalue weighted by atomic mass is 9.99. The van der Waals surface area contributed by atoms with Gasteiger partial charge in [-0.2, -0.15) is 0 Å². The average molecular weight is 1270 g/mol. The van der Waals surface area contributed by atoms with E-state index < -0.39 is 97.5 Å². The number of aliphatic hydroxyl groups is 1. The summed E-state index contributed by atoms with van der Waals surface area (Å²) in [5, 5.41) is 10.5. The largest absolute Gasteiger partial charge is 0.472 e. The molecular weight excluding hydrogens is 1140 g/mol. The van der Waals surface area contributed by atoms with E-state index in [1.165, 1.54) is 135 Å². The summed E-state index contributed by atoms with van der Waals surface area (Å²) in [4.78, 5) is 72.2. The van der Waals surface area contributed by atoms with Gasteiger partial charge in [-0.05, 0) is 37.5 Å².